The summed E-state index contributed by atoms with van der Waals surface area (Å²) in [5.41, 5.74) is 1.88. The van der Waals surface area contributed by atoms with Crippen molar-refractivity contribution in [3.63, 3.8) is 0 Å². The lowest BCUT2D eigenvalue weighted by Gasteiger charge is -2.08. The second kappa shape index (κ2) is 5.73. The molecule has 0 atom stereocenters. The lowest BCUT2D eigenvalue weighted by molar-refractivity contribution is 0.0692. The maximum atomic E-state index is 11.3. The van der Waals surface area contributed by atoms with Crippen LogP contribution in [0.15, 0.2) is 12.1 Å². The van der Waals surface area contributed by atoms with Crippen molar-refractivity contribution in [2.24, 2.45) is 0 Å². The van der Waals surface area contributed by atoms with Crippen LogP contribution in [-0.2, 0) is 6.42 Å². The zero-order valence-corrected chi connectivity index (χ0v) is 11.2. The molecule has 0 unspecified atom stereocenters. The van der Waals surface area contributed by atoms with Crippen molar-refractivity contribution in [3.8, 4) is 5.75 Å². The van der Waals surface area contributed by atoms with E-state index >= 15 is 0 Å². The topological polar surface area (TPSA) is 75.2 Å². The Labute approximate surface area is 111 Å². The van der Waals surface area contributed by atoms with Crippen molar-refractivity contribution in [2.75, 3.05) is 6.61 Å². The highest BCUT2D eigenvalue weighted by molar-refractivity contribution is 5.97. The Morgan fingerprint density at radius 3 is 2.84 bits per heavy atom. The van der Waals surface area contributed by atoms with Crippen LogP contribution in [0.2, 0.25) is 0 Å². The van der Waals surface area contributed by atoms with Crippen LogP contribution in [0.5, 0.6) is 5.75 Å². The van der Waals surface area contributed by atoms with Gasteiger partial charge in [0.05, 0.1) is 12.1 Å². The molecule has 102 valence electrons. The zero-order valence-electron chi connectivity index (χ0n) is 11.2. The van der Waals surface area contributed by atoms with Crippen molar-refractivity contribution in [1.82, 2.24) is 10.2 Å². The molecule has 0 spiro atoms. The molecule has 0 fully saturated rings. The fourth-order valence-corrected chi connectivity index (χ4v) is 1.97. The lowest BCUT2D eigenvalue weighted by atomic mass is 10.1. The first kappa shape index (κ1) is 13.4. The van der Waals surface area contributed by atoms with Gasteiger partial charge in [0.2, 0.25) is 0 Å². The molecule has 19 heavy (non-hydrogen) atoms. The summed E-state index contributed by atoms with van der Waals surface area (Å²) < 4.78 is 5.56. The molecular weight excluding hydrogens is 244 g/mol. The van der Waals surface area contributed by atoms with E-state index in [-0.39, 0.29) is 5.56 Å². The average Bonchev–Trinajstić information content (AvgIpc) is 2.80. The Kier molecular flexibility index (Phi) is 4.04. The van der Waals surface area contributed by atoms with Crippen molar-refractivity contribution < 1.29 is 14.6 Å². The maximum absolute atomic E-state index is 11.3. The van der Waals surface area contributed by atoms with E-state index in [0.29, 0.717) is 12.4 Å². The number of aromatic carboxylic acids is 1. The SMILES string of the molecule is CCCCOc1cc2n[nH]c(CC)c2cc1C(=O)O. The minimum absolute atomic E-state index is 0.194. The molecular formula is C14H18N2O3. The fourth-order valence-electron chi connectivity index (χ4n) is 1.97. The predicted octanol–water partition coefficient (Wildman–Crippen LogP) is 3.00. The molecule has 0 aliphatic rings. The molecule has 5 heteroatoms. The second-order valence-electron chi connectivity index (χ2n) is 4.43. The van der Waals surface area contributed by atoms with Crippen molar-refractivity contribution in [3.05, 3.63) is 23.4 Å². The number of nitrogens with one attached hydrogen (secondary N) is 1. The number of aromatic nitrogens is 2. The molecule has 1 aromatic heterocycles. The van der Waals surface area contributed by atoms with Gasteiger partial charge in [0.15, 0.2) is 0 Å². The first-order valence-corrected chi connectivity index (χ1v) is 6.54. The Morgan fingerprint density at radius 1 is 1.42 bits per heavy atom. The minimum Gasteiger partial charge on any atom is -0.493 e. The molecule has 0 amide bonds. The number of rotatable bonds is 6. The van der Waals surface area contributed by atoms with Gasteiger partial charge in [-0.25, -0.2) is 4.79 Å². The Balaban J connectivity index is 2.43. The number of carboxylic acids is 1. The van der Waals surface area contributed by atoms with Crippen LogP contribution in [0.4, 0.5) is 0 Å². The monoisotopic (exact) mass is 262 g/mol. The summed E-state index contributed by atoms with van der Waals surface area (Å²) in [7, 11) is 0. The number of aromatic amines is 1. The van der Waals surface area contributed by atoms with Gasteiger partial charge >= 0.3 is 5.97 Å². The molecule has 0 aliphatic carbocycles. The predicted molar refractivity (Wildman–Crippen MR) is 72.8 cm³/mol. The summed E-state index contributed by atoms with van der Waals surface area (Å²) in [4.78, 5) is 11.3. The van der Waals surface area contributed by atoms with Crippen LogP contribution >= 0.6 is 0 Å². The summed E-state index contributed by atoms with van der Waals surface area (Å²) >= 11 is 0. The van der Waals surface area contributed by atoms with Gasteiger partial charge in [-0.15, -0.1) is 0 Å². The fraction of sp³-hybridized carbons (Fsp3) is 0.429. The number of aryl methyl sites for hydroxylation is 1. The Hall–Kier alpha value is -2.04. The van der Waals surface area contributed by atoms with Gasteiger partial charge in [-0.1, -0.05) is 20.3 Å². The van der Waals surface area contributed by atoms with Gasteiger partial charge in [-0.2, -0.15) is 5.10 Å². The number of carboxylic acid groups (broad SMARTS) is 1. The Morgan fingerprint density at radius 2 is 2.21 bits per heavy atom. The maximum Gasteiger partial charge on any atom is 0.339 e. The summed E-state index contributed by atoms with van der Waals surface area (Å²) in [5, 5.41) is 17.2. The molecule has 5 nitrogen and oxygen atoms in total. The number of nitrogens with zero attached hydrogens (tertiary/aromatic N) is 1. The Bertz CT molecular complexity index is 590. The van der Waals surface area contributed by atoms with Crippen LogP contribution in [-0.4, -0.2) is 27.9 Å². The summed E-state index contributed by atoms with van der Waals surface area (Å²) in [6, 6.07) is 3.34. The third-order valence-corrected chi connectivity index (χ3v) is 3.07. The highest BCUT2D eigenvalue weighted by Crippen LogP contribution is 2.27. The molecule has 0 bridgehead atoms. The van der Waals surface area contributed by atoms with Gasteiger partial charge in [-0.3, -0.25) is 5.10 Å². The third kappa shape index (κ3) is 2.70. The first-order valence-electron chi connectivity index (χ1n) is 6.54. The third-order valence-electron chi connectivity index (χ3n) is 3.07. The van der Waals surface area contributed by atoms with Crippen LogP contribution in [0.25, 0.3) is 10.9 Å². The van der Waals surface area contributed by atoms with E-state index < -0.39 is 5.97 Å². The molecule has 2 aromatic rings. The molecule has 0 saturated carbocycles. The number of ether oxygens (including phenoxy) is 1. The summed E-state index contributed by atoms with van der Waals surface area (Å²) in [6.45, 7) is 4.58. The molecule has 2 rings (SSSR count). The van der Waals surface area contributed by atoms with Crippen molar-refractivity contribution >= 4 is 16.9 Å². The highest BCUT2D eigenvalue weighted by atomic mass is 16.5. The number of hydrogen-bond donors (Lipinski definition) is 2. The molecule has 1 heterocycles. The van der Waals surface area contributed by atoms with Crippen molar-refractivity contribution in [1.29, 1.82) is 0 Å². The molecule has 0 saturated heterocycles. The average molecular weight is 262 g/mol. The minimum atomic E-state index is -0.975. The molecule has 1 aromatic carbocycles. The number of fused-ring (bicyclic) bond motifs is 1. The van der Waals surface area contributed by atoms with Gasteiger partial charge in [0.1, 0.15) is 11.3 Å². The van der Waals surface area contributed by atoms with E-state index in [1.807, 2.05) is 6.92 Å². The van der Waals surface area contributed by atoms with Crippen molar-refractivity contribution in [2.45, 2.75) is 33.1 Å². The molecule has 2 N–H and O–H groups in total. The van der Waals surface area contributed by atoms with E-state index in [2.05, 4.69) is 17.1 Å². The summed E-state index contributed by atoms with van der Waals surface area (Å²) in [5.74, 6) is -0.584. The van der Waals surface area contributed by atoms with E-state index in [0.717, 1.165) is 35.9 Å². The normalized spacial score (nSPS) is 10.8. The van der Waals surface area contributed by atoms with Gasteiger partial charge in [-0.05, 0) is 18.9 Å². The lowest BCUT2D eigenvalue weighted by Crippen LogP contribution is -2.04. The standard InChI is InChI=1S/C14H18N2O3/c1-3-5-6-19-13-8-12-9(7-10(13)14(17)18)11(4-2)15-16-12/h7-8H,3-6H2,1-2H3,(H,15,16)(H,17,18). The molecule has 0 aliphatic heterocycles. The van der Waals surface area contributed by atoms with E-state index in [1.165, 1.54) is 0 Å². The largest absolute Gasteiger partial charge is 0.493 e. The van der Waals surface area contributed by atoms with E-state index in [4.69, 9.17) is 4.74 Å². The number of unbranched alkanes of at least 4 members (excludes halogenated alkanes) is 1. The van der Waals surface area contributed by atoms with Crippen LogP contribution in [0, 0.1) is 0 Å². The van der Waals surface area contributed by atoms with Gasteiger partial charge in [0, 0.05) is 17.1 Å². The van der Waals surface area contributed by atoms with E-state index in [9.17, 15) is 9.90 Å². The number of hydrogen-bond acceptors (Lipinski definition) is 3. The quantitative estimate of drug-likeness (QED) is 0.785. The second-order valence-corrected chi connectivity index (χ2v) is 4.43. The molecule has 0 radical (unpaired) electrons. The number of H-pyrrole nitrogens is 1. The van der Waals surface area contributed by atoms with Gasteiger partial charge < -0.3 is 9.84 Å². The van der Waals surface area contributed by atoms with Crippen LogP contribution in [0.3, 0.4) is 0 Å². The number of benzene rings is 1. The highest BCUT2D eigenvalue weighted by Gasteiger charge is 2.15. The summed E-state index contributed by atoms with van der Waals surface area (Å²) in [6.07, 6.45) is 2.69. The smallest absolute Gasteiger partial charge is 0.339 e. The van der Waals surface area contributed by atoms with Crippen LogP contribution < -0.4 is 4.74 Å². The zero-order chi connectivity index (χ0) is 13.8. The first-order chi connectivity index (χ1) is 9.17. The number of carbonyl (C=O) groups is 1. The van der Waals surface area contributed by atoms with Crippen LogP contribution in [0.1, 0.15) is 42.7 Å². The van der Waals surface area contributed by atoms with E-state index in [1.54, 1.807) is 12.1 Å². The van der Waals surface area contributed by atoms with Gasteiger partial charge in [0.25, 0.3) is 0 Å².